The summed E-state index contributed by atoms with van der Waals surface area (Å²) in [5.41, 5.74) is 0. The number of thiophene rings is 1. The number of halogens is 1. The Labute approximate surface area is 112 Å². The van der Waals surface area contributed by atoms with Crippen LogP contribution in [0.15, 0.2) is 15.9 Å². The molecule has 0 amide bonds. The number of aliphatic hydroxyl groups excluding tert-OH is 1. The maximum Gasteiger partial charge on any atom is 0.323 e. The first kappa shape index (κ1) is 13.0. The number of carbonyl (C=O) groups is 1. The molecule has 0 aliphatic carbocycles. The van der Waals surface area contributed by atoms with E-state index in [2.05, 4.69) is 15.9 Å². The fraction of sp³-hybridized carbons (Fsp3) is 0.545. The number of β-amino-alcohol motifs (C(OH)–C–C–N with tert-alkyl or cyclic N) is 1. The van der Waals surface area contributed by atoms with E-state index in [4.69, 9.17) is 4.74 Å². The highest BCUT2D eigenvalue weighted by Crippen LogP contribution is 2.28. The molecule has 2 rings (SSSR count). The van der Waals surface area contributed by atoms with Crippen LogP contribution in [0.2, 0.25) is 0 Å². The minimum Gasteiger partial charge on any atom is -0.468 e. The Balaban J connectivity index is 2.08. The van der Waals surface area contributed by atoms with Crippen molar-refractivity contribution in [1.82, 2.24) is 4.90 Å². The molecule has 1 aromatic rings. The molecule has 0 bridgehead atoms. The van der Waals surface area contributed by atoms with Crippen LogP contribution in [0.3, 0.4) is 0 Å². The fourth-order valence-electron chi connectivity index (χ4n) is 2.06. The van der Waals surface area contributed by atoms with Crippen molar-refractivity contribution in [2.75, 3.05) is 13.7 Å². The molecule has 0 radical (unpaired) electrons. The number of ether oxygens (including phenoxy) is 1. The van der Waals surface area contributed by atoms with Crippen LogP contribution in [-0.2, 0) is 16.1 Å². The van der Waals surface area contributed by atoms with Gasteiger partial charge < -0.3 is 9.84 Å². The smallest absolute Gasteiger partial charge is 0.323 e. The maximum atomic E-state index is 11.6. The lowest BCUT2D eigenvalue weighted by Crippen LogP contribution is -2.36. The summed E-state index contributed by atoms with van der Waals surface area (Å²) in [4.78, 5) is 14.7. The van der Waals surface area contributed by atoms with Gasteiger partial charge in [0.1, 0.15) is 6.04 Å². The molecule has 17 heavy (non-hydrogen) atoms. The molecule has 2 heterocycles. The normalized spacial score (nSPS) is 25.1. The van der Waals surface area contributed by atoms with Crippen molar-refractivity contribution < 1.29 is 14.6 Å². The average molecular weight is 320 g/mol. The second-order valence-corrected chi connectivity index (χ2v) is 5.90. The van der Waals surface area contributed by atoms with Gasteiger partial charge in [-0.25, -0.2) is 0 Å². The molecule has 1 aromatic heterocycles. The van der Waals surface area contributed by atoms with Crippen molar-refractivity contribution >= 4 is 33.2 Å². The molecular formula is C11H14BrNO3S. The summed E-state index contributed by atoms with van der Waals surface area (Å²) in [6.45, 7) is 1.18. The first-order valence-electron chi connectivity index (χ1n) is 5.33. The number of rotatable bonds is 3. The lowest BCUT2D eigenvalue weighted by Gasteiger charge is -2.21. The number of likely N-dealkylation sites (tertiary alicyclic amines) is 1. The second-order valence-electron chi connectivity index (χ2n) is 4.05. The summed E-state index contributed by atoms with van der Waals surface area (Å²) in [6.07, 6.45) is 0.00759. The Morgan fingerprint density at radius 2 is 2.53 bits per heavy atom. The van der Waals surface area contributed by atoms with Crippen molar-refractivity contribution in [3.05, 3.63) is 20.8 Å². The van der Waals surface area contributed by atoms with Crippen LogP contribution in [0.1, 0.15) is 11.3 Å². The molecule has 2 unspecified atom stereocenters. The van der Waals surface area contributed by atoms with Gasteiger partial charge in [0.25, 0.3) is 0 Å². The van der Waals surface area contributed by atoms with Gasteiger partial charge in [-0.1, -0.05) is 0 Å². The minimum atomic E-state index is -0.446. The summed E-state index contributed by atoms with van der Waals surface area (Å²) in [5, 5.41) is 11.7. The van der Waals surface area contributed by atoms with Crippen LogP contribution in [0.25, 0.3) is 0 Å². The molecule has 4 nitrogen and oxygen atoms in total. The van der Waals surface area contributed by atoms with Gasteiger partial charge in [-0.05, 0) is 27.4 Å². The molecule has 1 saturated heterocycles. The summed E-state index contributed by atoms with van der Waals surface area (Å²) >= 11 is 5.10. The van der Waals surface area contributed by atoms with Crippen LogP contribution >= 0.6 is 27.3 Å². The molecule has 1 aliphatic rings. The first-order chi connectivity index (χ1) is 8.11. The van der Waals surface area contributed by atoms with E-state index in [0.717, 1.165) is 9.35 Å². The molecule has 1 aliphatic heterocycles. The average Bonchev–Trinajstić information content (AvgIpc) is 2.86. The van der Waals surface area contributed by atoms with E-state index >= 15 is 0 Å². The minimum absolute atomic E-state index is 0.269. The van der Waals surface area contributed by atoms with E-state index in [1.165, 1.54) is 7.11 Å². The SMILES string of the molecule is COC(=O)C1CC(O)CN1Cc1sccc1Br. The van der Waals surface area contributed by atoms with Crippen molar-refractivity contribution in [3.63, 3.8) is 0 Å². The van der Waals surface area contributed by atoms with Crippen LogP contribution in [-0.4, -0.2) is 41.8 Å². The molecule has 0 saturated carbocycles. The van der Waals surface area contributed by atoms with Gasteiger partial charge in [0.05, 0.1) is 13.2 Å². The van der Waals surface area contributed by atoms with E-state index in [1.54, 1.807) is 11.3 Å². The molecule has 0 spiro atoms. The zero-order chi connectivity index (χ0) is 12.4. The second kappa shape index (κ2) is 5.48. The summed E-state index contributed by atoms with van der Waals surface area (Å²) < 4.78 is 5.81. The molecule has 0 aromatic carbocycles. The molecule has 1 N–H and O–H groups in total. The molecule has 6 heteroatoms. The Hall–Kier alpha value is -0.430. The zero-order valence-electron chi connectivity index (χ0n) is 9.43. The van der Waals surface area contributed by atoms with Crippen LogP contribution in [0.4, 0.5) is 0 Å². The fourth-order valence-corrected chi connectivity index (χ4v) is 3.56. The van der Waals surface area contributed by atoms with Gasteiger partial charge in [0.15, 0.2) is 0 Å². The van der Waals surface area contributed by atoms with Crippen molar-refractivity contribution in [1.29, 1.82) is 0 Å². The third-order valence-corrected chi connectivity index (χ3v) is 4.80. The molecule has 2 atom stereocenters. The predicted molar refractivity (Wildman–Crippen MR) is 68.9 cm³/mol. The third kappa shape index (κ3) is 2.88. The van der Waals surface area contributed by atoms with Gasteiger partial charge in [0.2, 0.25) is 0 Å². The highest BCUT2D eigenvalue weighted by Gasteiger charge is 2.36. The van der Waals surface area contributed by atoms with Crippen molar-refractivity contribution in [2.45, 2.75) is 25.1 Å². The topological polar surface area (TPSA) is 49.8 Å². The Kier molecular flexibility index (Phi) is 4.19. The van der Waals surface area contributed by atoms with E-state index < -0.39 is 6.10 Å². The number of esters is 1. The van der Waals surface area contributed by atoms with Crippen LogP contribution in [0.5, 0.6) is 0 Å². The zero-order valence-corrected chi connectivity index (χ0v) is 11.8. The maximum absolute atomic E-state index is 11.6. The van der Waals surface area contributed by atoms with Crippen LogP contribution in [0, 0.1) is 0 Å². The molecular weight excluding hydrogens is 306 g/mol. The van der Waals surface area contributed by atoms with Crippen molar-refractivity contribution in [3.8, 4) is 0 Å². The molecule has 1 fully saturated rings. The first-order valence-corrected chi connectivity index (χ1v) is 7.01. The number of hydrogen-bond donors (Lipinski definition) is 1. The monoisotopic (exact) mass is 319 g/mol. The number of nitrogens with zero attached hydrogens (tertiary/aromatic N) is 1. The largest absolute Gasteiger partial charge is 0.468 e. The lowest BCUT2D eigenvalue weighted by atomic mass is 10.2. The van der Waals surface area contributed by atoms with E-state index in [9.17, 15) is 9.90 Å². The third-order valence-electron chi connectivity index (χ3n) is 2.89. The number of carbonyl (C=O) groups excluding carboxylic acids is 1. The van der Waals surface area contributed by atoms with E-state index in [1.807, 2.05) is 16.3 Å². The highest BCUT2D eigenvalue weighted by molar-refractivity contribution is 9.10. The van der Waals surface area contributed by atoms with Gasteiger partial charge in [0, 0.05) is 28.9 Å². The van der Waals surface area contributed by atoms with E-state index in [-0.39, 0.29) is 12.0 Å². The van der Waals surface area contributed by atoms with Gasteiger partial charge in [-0.15, -0.1) is 11.3 Å². The Morgan fingerprint density at radius 1 is 1.76 bits per heavy atom. The number of methoxy groups -OCH3 is 1. The van der Waals surface area contributed by atoms with Gasteiger partial charge in [-0.2, -0.15) is 0 Å². The Morgan fingerprint density at radius 3 is 3.12 bits per heavy atom. The molecule has 94 valence electrons. The number of aliphatic hydroxyl groups is 1. The van der Waals surface area contributed by atoms with Gasteiger partial charge >= 0.3 is 5.97 Å². The standard InChI is InChI=1S/C11H14BrNO3S/c1-16-11(15)9-4-7(14)5-13(9)6-10-8(12)2-3-17-10/h2-3,7,9,14H,4-6H2,1H3. The summed E-state index contributed by atoms with van der Waals surface area (Å²) in [5.74, 6) is -0.269. The Bertz CT molecular complexity index is 409. The van der Waals surface area contributed by atoms with E-state index in [0.29, 0.717) is 19.5 Å². The quantitative estimate of drug-likeness (QED) is 0.860. The number of hydrogen-bond acceptors (Lipinski definition) is 5. The summed E-state index contributed by atoms with van der Waals surface area (Å²) in [6, 6.07) is 1.66. The van der Waals surface area contributed by atoms with Crippen LogP contribution < -0.4 is 0 Å². The van der Waals surface area contributed by atoms with Crippen molar-refractivity contribution in [2.24, 2.45) is 0 Å². The summed E-state index contributed by atoms with van der Waals surface area (Å²) in [7, 11) is 1.38. The van der Waals surface area contributed by atoms with Gasteiger partial charge in [-0.3, -0.25) is 9.69 Å². The predicted octanol–water partition coefficient (Wildman–Crippen LogP) is 1.62. The highest BCUT2D eigenvalue weighted by atomic mass is 79.9. The lowest BCUT2D eigenvalue weighted by molar-refractivity contribution is -0.146.